The van der Waals surface area contributed by atoms with E-state index in [1.165, 1.54) is 0 Å². The number of thiophene rings is 1. The normalized spacial score (nSPS) is 11.7. The molecule has 4 nitrogen and oxygen atoms in total. The molecule has 1 aromatic carbocycles. The van der Waals surface area contributed by atoms with E-state index in [-0.39, 0.29) is 6.54 Å². The van der Waals surface area contributed by atoms with Crippen LogP contribution < -0.4 is 4.72 Å². The number of nitrogens with one attached hydrogen (secondary N) is 1. The average Bonchev–Trinajstić information content (AvgIpc) is 3.16. The van der Waals surface area contributed by atoms with Gasteiger partial charge in [0.05, 0.1) is 16.3 Å². The smallest absolute Gasteiger partial charge is 0.241 e. The van der Waals surface area contributed by atoms with Gasteiger partial charge in [0.1, 0.15) is 11.5 Å². The number of benzene rings is 1. The van der Waals surface area contributed by atoms with Gasteiger partial charge >= 0.3 is 0 Å². The molecule has 0 atom stereocenters. The second kappa shape index (κ2) is 6.31. The summed E-state index contributed by atoms with van der Waals surface area (Å²) in [6, 6.07) is 12.8. The van der Waals surface area contributed by atoms with E-state index < -0.39 is 10.0 Å². The van der Waals surface area contributed by atoms with Crippen molar-refractivity contribution in [2.45, 2.75) is 25.3 Å². The largest absolute Gasteiger partial charge is 0.459 e. The highest BCUT2D eigenvalue weighted by molar-refractivity contribution is 7.89. The first-order chi connectivity index (χ1) is 11.0. The van der Waals surface area contributed by atoms with Gasteiger partial charge in [-0.15, -0.1) is 11.3 Å². The van der Waals surface area contributed by atoms with Gasteiger partial charge in [0.2, 0.25) is 10.0 Å². The Morgan fingerprint density at radius 1 is 1.13 bits per heavy atom. The SMILES string of the molecule is Cc1ccc(S(=O)(=O)NCc2ccc(-c3cccs3)o2)c(C)c1. The lowest BCUT2D eigenvalue weighted by Gasteiger charge is -2.09. The Kier molecular flexibility index (Phi) is 4.39. The number of hydrogen-bond donors (Lipinski definition) is 1. The summed E-state index contributed by atoms with van der Waals surface area (Å²) in [5.74, 6) is 1.34. The Balaban J connectivity index is 1.75. The molecule has 2 heterocycles. The second-order valence-corrected chi connectivity index (χ2v) is 8.02. The highest BCUT2D eigenvalue weighted by atomic mass is 32.2. The van der Waals surface area contributed by atoms with Gasteiger partial charge in [-0.05, 0) is 49.1 Å². The Hall–Kier alpha value is -1.89. The lowest BCUT2D eigenvalue weighted by atomic mass is 10.2. The van der Waals surface area contributed by atoms with Crippen LogP contribution in [0.4, 0.5) is 0 Å². The summed E-state index contributed by atoms with van der Waals surface area (Å²) in [4.78, 5) is 1.32. The summed E-state index contributed by atoms with van der Waals surface area (Å²) in [5.41, 5.74) is 1.77. The van der Waals surface area contributed by atoms with E-state index in [9.17, 15) is 8.42 Å². The molecule has 0 spiro atoms. The van der Waals surface area contributed by atoms with Gasteiger partial charge in [-0.2, -0.15) is 0 Å². The lowest BCUT2D eigenvalue weighted by molar-refractivity contribution is 0.510. The minimum atomic E-state index is -3.56. The standard InChI is InChI=1S/C17H17NO3S2/c1-12-5-8-17(13(2)10-12)23(19,20)18-11-14-6-7-15(21-14)16-4-3-9-22-16/h3-10,18H,11H2,1-2H3. The van der Waals surface area contributed by atoms with E-state index in [0.717, 1.165) is 21.8 Å². The molecular formula is C17H17NO3S2. The highest BCUT2D eigenvalue weighted by Gasteiger charge is 2.17. The predicted molar refractivity (Wildman–Crippen MR) is 92.0 cm³/mol. The molecule has 0 radical (unpaired) electrons. The van der Waals surface area contributed by atoms with Crippen molar-refractivity contribution in [2.24, 2.45) is 0 Å². The van der Waals surface area contributed by atoms with E-state index in [1.54, 1.807) is 36.5 Å². The van der Waals surface area contributed by atoms with Crippen molar-refractivity contribution in [3.63, 3.8) is 0 Å². The molecule has 0 bridgehead atoms. The fourth-order valence-corrected chi connectivity index (χ4v) is 4.27. The third kappa shape index (κ3) is 3.55. The predicted octanol–water partition coefficient (Wildman–Crippen LogP) is 4.10. The van der Waals surface area contributed by atoms with Crippen LogP contribution in [0.15, 0.2) is 57.2 Å². The third-order valence-electron chi connectivity index (χ3n) is 3.48. The van der Waals surface area contributed by atoms with Gasteiger partial charge in [0.25, 0.3) is 0 Å². The summed E-state index contributed by atoms with van der Waals surface area (Å²) in [7, 11) is -3.56. The molecule has 0 fully saturated rings. The van der Waals surface area contributed by atoms with Crippen LogP contribution in [0.25, 0.3) is 10.6 Å². The van der Waals surface area contributed by atoms with Crippen molar-refractivity contribution in [1.82, 2.24) is 4.72 Å². The maximum atomic E-state index is 12.4. The molecule has 6 heteroatoms. The second-order valence-electron chi connectivity index (χ2n) is 5.34. The number of aryl methyl sites for hydroxylation is 2. The summed E-state index contributed by atoms with van der Waals surface area (Å²) < 4.78 is 33.1. The van der Waals surface area contributed by atoms with Crippen LogP contribution >= 0.6 is 11.3 Å². The average molecular weight is 347 g/mol. The van der Waals surface area contributed by atoms with Gasteiger partial charge in [-0.1, -0.05) is 23.8 Å². The van der Waals surface area contributed by atoms with E-state index in [2.05, 4.69) is 4.72 Å². The topological polar surface area (TPSA) is 59.3 Å². The van der Waals surface area contributed by atoms with E-state index in [1.807, 2.05) is 36.6 Å². The van der Waals surface area contributed by atoms with Crippen molar-refractivity contribution in [3.05, 3.63) is 64.7 Å². The molecule has 23 heavy (non-hydrogen) atoms. The van der Waals surface area contributed by atoms with E-state index in [4.69, 9.17) is 4.42 Å². The summed E-state index contributed by atoms with van der Waals surface area (Å²) >= 11 is 1.58. The first-order valence-electron chi connectivity index (χ1n) is 7.15. The zero-order valence-corrected chi connectivity index (χ0v) is 14.5. The summed E-state index contributed by atoms with van der Waals surface area (Å²) in [5, 5.41) is 1.97. The van der Waals surface area contributed by atoms with Crippen LogP contribution in [0.1, 0.15) is 16.9 Å². The fraction of sp³-hybridized carbons (Fsp3) is 0.176. The third-order valence-corrected chi connectivity index (χ3v) is 5.93. The number of furan rings is 1. The van der Waals surface area contributed by atoms with Crippen molar-refractivity contribution in [3.8, 4) is 10.6 Å². The molecule has 0 aliphatic heterocycles. The first-order valence-corrected chi connectivity index (χ1v) is 9.51. The Morgan fingerprint density at radius 3 is 2.65 bits per heavy atom. The molecule has 0 unspecified atom stereocenters. The van der Waals surface area contributed by atoms with E-state index in [0.29, 0.717) is 10.7 Å². The minimum Gasteiger partial charge on any atom is -0.459 e. The molecular weight excluding hydrogens is 330 g/mol. The summed E-state index contributed by atoms with van der Waals surface area (Å²) in [6.45, 7) is 3.86. The van der Waals surface area contributed by atoms with Gasteiger partial charge in [0, 0.05) is 0 Å². The zero-order valence-electron chi connectivity index (χ0n) is 12.9. The van der Waals surface area contributed by atoms with Crippen molar-refractivity contribution in [2.75, 3.05) is 0 Å². The van der Waals surface area contributed by atoms with Crippen molar-refractivity contribution >= 4 is 21.4 Å². The van der Waals surface area contributed by atoms with Crippen molar-refractivity contribution < 1.29 is 12.8 Å². The maximum absolute atomic E-state index is 12.4. The molecule has 0 saturated carbocycles. The molecule has 120 valence electrons. The monoisotopic (exact) mass is 347 g/mol. The van der Waals surface area contributed by atoms with Gasteiger partial charge < -0.3 is 4.42 Å². The molecule has 0 aliphatic rings. The van der Waals surface area contributed by atoms with Crippen molar-refractivity contribution in [1.29, 1.82) is 0 Å². The van der Waals surface area contributed by atoms with Gasteiger partial charge in [0.15, 0.2) is 0 Å². The Morgan fingerprint density at radius 2 is 1.96 bits per heavy atom. The molecule has 0 saturated heterocycles. The van der Waals surface area contributed by atoms with Crippen LogP contribution in [0.5, 0.6) is 0 Å². The number of sulfonamides is 1. The quantitative estimate of drug-likeness (QED) is 0.756. The lowest BCUT2D eigenvalue weighted by Crippen LogP contribution is -2.23. The van der Waals surface area contributed by atoms with Crippen LogP contribution in [-0.4, -0.2) is 8.42 Å². The van der Waals surface area contributed by atoms with E-state index >= 15 is 0 Å². The molecule has 0 aliphatic carbocycles. The summed E-state index contributed by atoms with van der Waals surface area (Å²) in [6.07, 6.45) is 0. The minimum absolute atomic E-state index is 0.126. The Bertz CT molecular complexity index is 909. The molecule has 3 aromatic rings. The fourth-order valence-electron chi connectivity index (χ4n) is 2.37. The van der Waals surface area contributed by atoms with Crippen LogP contribution in [0, 0.1) is 13.8 Å². The highest BCUT2D eigenvalue weighted by Crippen LogP contribution is 2.26. The van der Waals surface area contributed by atoms with Gasteiger partial charge in [-0.25, -0.2) is 13.1 Å². The Labute approximate surface area is 139 Å². The molecule has 2 aromatic heterocycles. The van der Waals surface area contributed by atoms with Crippen LogP contribution in [-0.2, 0) is 16.6 Å². The van der Waals surface area contributed by atoms with Crippen LogP contribution in [0.2, 0.25) is 0 Å². The van der Waals surface area contributed by atoms with Crippen LogP contribution in [0.3, 0.4) is 0 Å². The maximum Gasteiger partial charge on any atom is 0.241 e. The van der Waals surface area contributed by atoms with Gasteiger partial charge in [-0.3, -0.25) is 0 Å². The first kappa shape index (κ1) is 16.0. The molecule has 0 amide bonds. The molecule has 1 N–H and O–H groups in total. The number of hydrogen-bond acceptors (Lipinski definition) is 4. The molecule has 3 rings (SSSR count). The number of rotatable bonds is 5. The zero-order chi connectivity index (χ0) is 16.4.